The first-order chi connectivity index (χ1) is 9.47. The number of rotatable bonds is 5. The second-order valence-electron chi connectivity index (χ2n) is 4.26. The molecule has 0 aliphatic heterocycles. The Balaban J connectivity index is 2.34. The first kappa shape index (κ1) is 14.8. The fourth-order valence-electron chi connectivity index (χ4n) is 1.74. The van der Waals surface area contributed by atoms with Gasteiger partial charge in [-0.25, -0.2) is 0 Å². The van der Waals surface area contributed by atoms with Crippen LogP contribution < -0.4 is 5.56 Å². The SMILES string of the molecule is Cc1ccc(C(C)n2ccc(=O)nc2SCC(=O)O)s1. The van der Waals surface area contributed by atoms with Crippen molar-refractivity contribution < 1.29 is 9.90 Å². The van der Waals surface area contributed by atoms with Gasteiger partial charge in [0.1, 0.15) is 0 Å². The van der Waals surface area contributed by atoms with Crippen molar-refractivity contribution in [2.75, 3.05) is 5.75 Å². The van der Waals surface area contributed by atoms with Crippen LogP contribution in [-0.4, -0.2) is 26.4 Å². The largest absolute Gasteiger partial charge is 0.481 e. The van der Waals surface area contributed by atoms with Gasteiger partial charge in [-0.2, -0.15) is 4.98 Å². The molecule has 0 fully saturated rings. The van der Waals surface area contributed by atoms with Crippen molar-refractivity contribution >= 4 is 29.1 Å². The van der Waals surface area contributed by atoms with Gasteiger partial charge in [0, 0.05) is 22.0 Å². The van der Waals surface area contributed by atoms with Crippen LogP contribution in [0.4, 0.5) is 0 Å². The van der Waals surface area contributed by atoms with E-state index in [0.29, 0.717) is 5.16 Å². The van der Waals surface area contributed by atoms with E-state index in [2.05, 4.69) is 4.98 Å². The molecule has 0 radical (unpaired) electrons. The van der Waals surface area contributed by atoms with Crippen LogP contribution in [0.25, 0.3) is 0 Å². The van der Waals surface area contributed by atoms with E-state index < -0.39 is 5.97 Å². The number of aromatic nitrogens is 2. The molecule has 5 nitrogen and oxygen atoms in total. The Morgan fingerprint density at radius 1 is 1.50 bits per heavy atom. The number of thioether (sulfide) groups is 1. The highest BCUT2D eigenvalue weighted by atomic mass is 32.2. The maximum absolute atomic E-state index is 11.4. The fraction of sp³-hybridized carbons (Fsp3) is 0.308. The van der Waals surface area contributed by atoms with Crippen molar-refractivity contribution in [2.24, 2.45) is 0 Å². The highest BCUT2D eigenvalue weighted by Gasteiger charge is 2.14. The van der Waals surface area contributed by atoms with E-state index in [1.165, 1.54) is 10.9 Å². The van der Waals surface area contributed by atoms with Crippen LogP contribution in [0.3, 0.4) is 0 Å². The Hall–Kier alpha value is -1.60. The van der Waals surface area contributed by atoms with Crippen LogP contribution in [0.1, 0.15) is 22.7 Å². The number of carboxylic acid groups (broad SMARTS) is 1. The zero-order chi connectivity index (χ0) is 14.7. The topological polar surface area (TPSA) is 72.2 Å². The lowest BCUT2D eigenvalue weighted by atomic mass is 10.2. The van der Waals surface area contributed by atoms with Crippen LogP contribution in [0.2, 0.25) is 0 Å². The second-order valence-corrected chi connectivity index (χ2v) is 6.52. The molecule has 106 valence electrons. The van der Waals surface area contributed by atoms with Gasteiger partial charge in [0.15, 0.2) is 5.16 Å². The van der Waals surface area contributed by atoms with Gasteiger partial charge in [-0.05, 0) is 26.0 Å². The third-order valence-electron chi connectivity index (χ3n) is 2.72. The molecule has 2 rings (SSSR count). The van der Waals surface area contributed by atoms with Crippen molar-refractivity contribution in [1.82, 2.24) is 9.55 Å². The molecule has 0 amide bonds. The van der Waals surface area contributed by atoms with Crippen molar-refractivity contribution in [2.45, 2.75) is 25.0 Å². The van der Waals surface area contributed by atoms with Crippen LogP contribution in [0.5, 0.6) is 0 Å². The summed E-state index contributed by atoms with van der Waals surface area (Å²) in [5.41, 5.74) is -0.358. The molecule has 1 unspecified atom stereocenters. The van der Waals surface area contributed by atoms with Gasteiger partial charge in [-0.1, -0.05) is 11.8 Å². The molecule has 0 spiro atoms. The van der Waals surface area contributed by atoms with Crippen LogP contribution in [0, 0.1) is 6.92 Å². The minimum atomic E-state index is -0.931. The standard InChI is InChI=1S/C13H14N2O3S2/c1-8-3-4-10(20-8)9(2)15-6-5-11(16)14-13(15)19-7-12(17)18/h3-6,9H,7H2,1-2H3,(H,17,18). The van der Waals surface area contributed by atoms with Gasteiger partial charge in [0.05, 0.1) is 11.8 Å². The highest BCUT2D eigenvalue weighted by Crippen LogP contribution is 2.28. The van der Waals surface area contributed by atoms with E-state index in [9.17, 15) is 9.59 Å². The van der Waals surface area contributed by atoms with Gasteiger partial charge >= 0.3 is 5.97 Å². The Bertz CT molecular complexity index is 678. The number of hydrogen-bond acceptors (Lipinski definition) is 5. The minimum absolute atomic E-state index is 0.0121. The van der Waals surface area contributed by atoms with E-state index in [1.807, 2.05) is 30.5 Å². The number of carbonyl (C=O) groups is 1. The van der Waals surface area contributed by atoms with Crippen molar-refractivity contribution in [3.05, 3.63) is 44.5 Å². The Labute approximate surface area is 124 Å². The smallest absolute Gasteiger partial charge is 0.313 e. The summed E-state index contributed by atoms with van der Waals surface area (Å²) < 4.78 is 1.83. The average Bonchev–Trinajstić information content (AvgIpc) is 2.82. The summed E-state index contributed by atoms with van der Waals surface area (Å²) in [5.74, 6) is -1.05. The molecule has 1 N–H and O–H groups in total. The number of aliphatic carboxylic acids is 1. The number of carboxylic acids is 1. The van der Waals surface area contributed by atoms with E-state index in [1.54, 1.807) is 17.5 Å². The predicted molar refractivity (Wildman–Crippen MR) is 79.7 cm³/mol. The minimum Gasteiger partial charge on any atom is -0.481 e. The molecule has 2 aromatic rings. The first-order valence-electron chi connectivity index (χ1n) is 5.97. The zero-order valence-electron chi connectivity index (χ0n) is 11.1. The summed E-state index contributed by atoms with van der Waals surface area (Å²) >= 11 is 2.73. The summed E-state index contributed by atoms with van der Waals surface area (Å²) in [6.07, 6.45) is 1.67. The summed E-state index contributed by atoms with van der Waals surface area (Å²) in [6.45, 7) is 4.03. The Morgan fingerprint density at radius 2 is 2.25 bits per heavy atom. The quantitative estimate of drug-likeness (QED) is 0.678. The first-order valence-corrected chi connectivity index (χ1v) is 7.77. The molecule has 20 heavy (non-hydrogen) atoms. The Morgan fingerprint density at radius 3 is 2.85 bits per heavy atom. The number of nitrogens with zero attached hydrogens (tertiary/aromatic N) is 2. The van der Waals surface area contributed by atoms with Crippen molar-refractivity contribution in [1.29, 1.82) is 0 Å². The summed E-state index contributed by atoms with van der Waals surface area (Å²) in [6, 6.07) is 5.48. The normalized spacial score (nSPS) is 12.3. The van der Waals surface area contributed by atoms with Gasteiger partial charge in [-0.15, -0.1) is 11.3 Å². The van der Waals surface area contributed by atoms with E-state index in [-0.39, 0.29) is 17.4 Å². The van der Waals surface area contributed by atoms with Gasteiger partial charge in [0.2, 0.25) is 0 Å². The number of hydrogen-bond donors (Lipinski definition) is 1. The molecule has 0 saturated carbocycles. The zero-order valence-corrected chi connectivity index (χ0v) is 12.7. The summed E-state index contributed by atoms with van der Waals surface area (Å²) in [7, 11) is 0. The van der Waals surface area contributed by atoms with Gasteiger partial charge in [-0.3, -0.25) is 9.59 Å². The van der Waals surface area contributed by atoms with Gasteiger partial charge < -0.3 is 9.67 Å². The predicted octanol–water partition coefficient (Wildman–Crippen LogP) is 2.40. The lowest BCUT2D eigenvalue weighted by molar-refractivity contribution is -0.133. The highest BCUT2D eigenvalue weighted by molar-refractivity contribution is 7.99. The monoisotopic (exact) mass is 310 g/mol. The second kappa shape index (κ2) is 6.23. The molecule has 7 heteroatoms. The van der Waals surface area contributed by atoms with E-state index in [4.69, 9.17) is 5.11 Å². The molecule has 2 heterocycles. The van der Waals surface area contributed by atoms with Crippen LogP contribution in [-0.2, 0) is 4.79 Å². The summed E-state index contributed by atoms with van der Waals surface area (Å²) in [4.78, 5) is 28.3. The Kier molecular flexibility index (Phi) is 4.61. The fourth-order valence-corrected chi connectivity index (χ4v) is 3.44. The van der Waals surface area contributed by atoms with E-state index in [0.717, 1.165) is 16.6 Å². The maximum Gasteiger partial charge on any atom is 0.313 e. The van der Waals surface area contributed by atoms with Crippen LogP contribution in [0.15, 0.2) is 34.3 Å². The lowest BCUT2D eigenvalue weighted by Gasteiger charge is -2.17. The van der Waals surface area contributed by atoms with Crippen LogP contribution >= 0.6 is 23.1 Å². The molecule has 2 aromatic heterocycles. The molecule has 0 bridgehead atoms. The molecule has 0 aromatic carbocycles. The lowest BCUT2D eigenvalue weighted by Crippen LogP contribution is -2.17. The summed E-state index contributed by atoms with van der Waals surface area (Å²) in [5, 5.41) is 9.19. The van der Waals surface area contributed by atoms with Gasteiger partial charge in [0.25, 0.3) is 5.56 Å². The number of aryl methyl sites for hydroxylation is 1. The van der Waals surface area contributed by atoms with Crippen molar-refractivity contribution in [3.8, 4) is 0 Å². The molecule has 0 aliphatic rings. The molecular formula is C13H14N2O3S2. The maximum atomic E-state index is 11.4. The molecule has 1 atom stereocenters. The third kappa shape index (κ3) is 3.49. The van der Waals surface area contributed by atoms with Crippen molar-refractivity contribution in [3.63, 3.8) is 0 Å². The molecule has 0 saturated heterocycles. The number of thiophene rings is 1. The third-order valence-corrected chi connectivity index (χ3v) is 4.84. The average molecular weight is 310 g/mol. The molecular weight excluding hydrogens is 296 g/mol. The van der Waals surface area contributed by atoms with E-state index >= 15 is 0 Å². The molecule has 0 aliphatic carbocycles.